The van der Waals surface area contributed by atoms with E-state index in [1.165, 1.54) is 19.0 Å². The molecule has 7 heteroatoms. The number of hydrogen-bond donors (Lipinski definition) is 0. The SMILES string of the molecule is CN(C)C(=O)n1oc(CCl)c(Cl)c1=O. The Hall–Kier alpha value is -0.940. The van der Waals surface area contributed by atoms with Crippen molar-refractivity contribution in [1.82, 2.24) is 9.64 Å². The molecule has 78 valence electrons. The number of carbonyl (C=O) groups is 1. The van der Waals surface area contributed by atoms with E-state index in [0.29, 0.717) is 4.74 Å². The van der Waals surface area contributed by atoms with Crippen molar-refractivity contribution in [2.45, 2.75) is 5.88 Å². The molecule has 0 aromatic carbocycles. The molecule has 0 radical (unpaired) electrons. The van der Waals surface area contributed by atoms with Crippen molar-refractivity contribution in [2.24, 2.45) is 0 Å². The minimum absolute atomic E-state index is 0.0538. The van der Waals surface area contributed by atoms with Crippen LogP contribution in [-0.4, -0.2) is 29.8 Å². The zero-order valence-electron chi connectivity index (χ0n) is 7.58. The topological polar surface area (TPSA) is 55.5 Å². The third-order valence-electron chi connectivity index (χ3n) is 1.50. The number of nitrogens with zero attached hydrogens (tertiary/aromatic N) is 2. The molecule has 0 spiro atoms. The molecule has 0 aliphatic heterocycles. The van der Waals surface area contributed by atoms with Gasteiger partial charge in [0, 0.05) is 14.1 Å². The smallest absolute Gasteiger partial charge is 0.360 e. The summed E-state index contributed by atoms with van der Waals surface area (Å²) in [4.78, 5) is 23.9. The fourth-order valence-corrected chi connectivity index (χ4v) is 1.22. The van der Waals surface area contributed by atoms with Crippen molar-refractivity contribution < 1.29 is 9.32 Å². The number of carbonyl (C=O) groups excluding carboxylic acids is 1. The van der Waals surface area contributed by atoms with Crippen LogP contribution in [0.25, 0.3) is 0 Å². The van der Waals surface area contributed by atoms with Crippen molar-refractivity contribution in [3.63, 3.8) is 0 Å². The Morgan fingerprint density at radius 1 is 1.57 bits per heavy atom. The molecule has 14 heavy (non-hydrogen) atoms. The third-order valence-corrected chi connectivity index (χ3v) is 2.11. The van der Waals surface area contributed by atoms with E-state index in [1.54, 1.807) is 0 Å². The molecule has 0 aliphatic rings. The summed E-state index contributed by atoms with van der Waals surface area (Å²) >= 11 is 11.0. The molecule has 0 N–H and O–H groups in total. The first kappa shape index (κ1) is 11.1. The van der Waals surface area contributed by atoms with Crippen molar-refractivity contribution in [3.8, 4) is 0 Å². The fraction of sp³-hybridized carbons (Fsp3) is 0.429. The van der Waals surface area contributed by atoms with Gasteiger partial charge in [0.1, 0.15) is 0 Å². The molecular formula is C7H8Cl2N2O3. The Balaban J connectivity index is 3.24. The van der Waals surface area contributed by atoms with Crippen LogP contribution in [-0.2, 0) is 5.88 Å². The summed E-state index contributed by atoms with van der Waals surface area (Å²) in [6.45, 7) is 0. The van der Waals surface area contributed by atoms with E-state index < -0.39 is 11.6 Å². The summed E-state index contributed by atoms with van der Waals surface area (Å²) < 4.78 is 5.44. The minimum Gasteiger partial charge on any atom is -0.369 e. The first-order valence-corrected chi connectivity index (χ1v) is 4.58. The Labute approximate surface area is 89.8 Å². The quantitative estimate of drug-likeness (QED) is 0.695. The average Bonchev–Trinajstić information content (AvgIpc) is 2.43. The molecule has 0 fully saturated rings. The van der Waals surface area contributed by atoms with E-state index in [-0.39, 0.29) is 16.7 Å². The van der Waals surface area contributed by atoms with Crippen LogP contribution in [0.15, 0.2) is 9.32 Å². The van der Waals surface area contributed by atoms with Gasteiger partial charge in [-0.15, -0.1) is 11.6 Å². The number of halogens is 2. The van der Waals surface area contributed by atoms with Gasteiger partial charge >= 0.3 is 11.6 Å². The maximum atomic E-state index is 11.3. The van der Waals surface area contributed by atoms with Gasteiger partial charge in [-0.05, 0) is 0 Å². The van der Waals surface area contributed by atoms with E-state index in [9.17, 15) is 9.59 Å². The number of rotatable bonds is 1. The lowest BCUT2D eigenvalue weighted by Crippen LogP contribution is -2.33. The maximum Gasteiger partial charge on any atom is 0.360 e. The van der Waals surface area contributed by atoms with Gasteiger partial charge in [-0.2, -0.15) is 0 Å². The molecule has 1 rings (SSSR count). The standard InChI is InChI=1S/C7H8Cl2N2O3/c1-10(2)7(13)11-6(12)5(9)4(3-8)14-11/h3H2,1-2H3. The Morgan fingerprint density at radius 3 is 2.50 bits per heavy atom. The predicted molar refractivity (Wildman–Crippen MR) is 52.0 cm³/mol. The third kappa shape index (κ3) is 1.78. The predicted octanol–water partition coefficient (Wildman–Crippen LogP) is 1.36. The number of aromatic nitrogens is 1. The highest BCUT2D eigenvalue weighted by Gasteiger charge is 2.20. The normalized spacial score (nSPS) is 10.3. The monoisotopic (exact) mass is 238 g/mol. The number of hydrogen-bond acceptors (Lipinski definition) is 3. The molecule has 0 atom stereocenters. The summed E-state index contributed by atoms with van der Waals surface area (Å²) in [7, 11) is 2.98. The average molecular weight is 239 g/mol. The molecular weight excluding hydrogens is 231 g/mol. The lowest BCUT2D eigenvalue weighted by Gasteiger charge is -2.07. The summed E-state index contributed by atoms with van der Waals surface area (Å²) in [6, 6.07) is -0.603. The van der Waals surface area contributed by atoms with Crippen LogP contribution in [0.3, 0.4) is 0 Å². The van der Waals surface area contributed by atoms with Crippen molar-refractivity contribution in [3.05, 3.63) is 21.1 Å². The summed E-state index contributed by atoms with van der Waals surface area (Å²) in [5, 5.41) is -0.157. The van der Waals surface area contributed by atoms with Gasteiger partial charge in [-0.1, -0.05) is 16.3 Å². The second-order valence-corrected chi connectivity index (χ2v) is 3.38. The lowest BCUT2D eigenvalue weighted by molar-refractivity contribution is 0.182. The van der Waals surface area contributed by atoms with Gasteiger partial charge in [0.05, 0.1) is 5.88 Å². The van der Waals surface area contributed by atoms with Gasteiger partial charge in [0.2, 0.25) is 0 Å². The molecule has 0 unspecified atom stereocenters. The zero-order valence-corrected chi connectivity index (χ0v) is 9.09. The van der Waals surface area contributed by atoms with Gasteiger partial charge in [0.25, 0.3) is 0 Å². The summed E-state index contributed by atoms with van der Waals surface area (Å²) in [6.07, 6.45) is 0. The van der Waals surface area contributed by atoms with Crippen LogP contribution in [0.1, 0.15) is 5.76 Å². The minimum atomic E-state index is -0.694. The molecule has 1 amide bonds. The van der Waals surface area contributed by atoms with Crippen molar-refractivity contribution in [1.29, 1.82) is 0 Å². The highest BCUT2D eigenvalue weighted by Crippen LogP contribution is 2.14. The number of alkyl halides is 1. The molecule has 1 heterocycles. The molecule has 0 saturated carbocycles. The maximum absolute atomic E-state index is 11.3. The zero-order chi connectivity index (χ0) is 10.9. The second-order valence-electron chi connectivity index (χ2n) is 2.74. The van der Waals surface area contributed by atoms with Crippen molar-refractivity contribution >= 4 is 29.2 Å². The highest BCUT2D eigenvalue weighted by molar-refractivity contribution is 6.31. The van der Waals surface area contributed by atoms with Crippen LogP contribution >= 0.6 is 23.2 Å². The van der Waals surface area contributed by atoms with E-state index in [1.807, 2.05) is 0 Å². The van der Waals surface area contributed by atoms with Crippen LogP contribution in [0.2, 0.25) is 5.02 Å². The highest BCUT2D eigenvalue weighted by atomic mass is 35.5. The largest absolute Gasteiger partial charge is 0.369 e. The van der Waals surface area contributed by atoms with Crippen LogP contribution in [0.5, 0.6) is 0 Å². The van der Waals surface area contributed by atoms with Crippen LogP contribution in [0, 0.1) is 0 Å². The van der Waals surface area contributed by atoms with E-state index >= 15 is 0 Å². The molecule has 5 nitrogen and oxygen atoms in total. The number of amides is 1. The van der Waals surface area contributed by atoms with Crippen LogP contribution in [0.4, 0.5) is 4.79 Å². The van der Waals surface area contributed by atoms with Gasteiger partial charge in [0.15, 0.2) is 10.8 Å². The van der Waals surface area contributed by atoms with Gasteiger partial charge < -0.3 is 9.42 Å². The molecule has 1 aromatic heterocycles. The molecule has 1 aromatic rings. The summed E-state index contributed by atoms with van der Waals surface area (Å²) in [5.74, 6) is 0.0374. The Bertz CT molecular complexity index is 408. The van der Waals surface area contributed by atoms with Crippen LogP contribution < -0.4 is 5.56 Å². The van der Waals surface area contributed by atoms with E-state index in [4.69, 9.17) is 27.7 Å². The Kier molecular flexibility index (Phi) is 3.23. The van der Waals surface area contributed by atoms with E-state index in [2.05, 4.69) is 0 Å². The van der Waals surface area contributed by atoms with E-state index in [0.717, 1.165) is 0 Å². The molecule has 0 saturated heterocycles. The second kappa shape index (κ2) is 4.06. The molecule has 0 bridgehead atoms. The van der Waals surface area contributed by atoms with Gasteiger partial charge in [-0.25, -0.2) is 4.79 Å². The Morgan fingerprint density at radius 2 is 2.14 bits per heavy atom. The fourth-order valence-electron chi connectivity index (χ4n) is 0.791. The first-order valence-electron chi connectivity index (χ1n) is 3.67. The summed E-state index contributed by atoms with van der Waals surface area (Å²) in [5.41, 5.74) is -0.694. The van der Waals surface area contributed by atoms with Crippen molar-refractivity contribution in [2.75, 3.05) is 14.1 Å². The lowest BCUT2D eigenvalue weighted by atomic mass is 10.5. The van der Waals surface area contributed by atoms with Gasteiger partial charge in [-0.3, -0.25) is 4.79 Å². The molecule has 0 aliphatic carbocycles. The first-order chi connectivity index (χ1) is 6.49.